The molecule has 0 radical (unpaired) electrons. The number of ether oxygens (including phenoxy) is 1. The van der Waals surface area contributed by atoms with Crippen molar-refractivity contribution in [3.63, 3.8) is 0 Å². The van der Waals surface area contributed by atoms with Gasteiger partial charge in [0, 0.05) is 18.7 Å². The molecule has 0 saturated heterocycles. The van der Waals surface area contributed by atoms with Crippen LogP contribution in [0.1, 0.15) is 23.0 Å². The quantitative estimate of drug-likeness (QED) is 0.472. The van der Waals surface area contributed by atoms with E-state index in [1.165, 1.54) is 29.1 Å². The highest BCUT2D eigenvalue weighted by atomic mass is 35.5. The molecule has 0 aliphatic rings. The molecular weight excluding hydrogens is 384 g/mol. The van der Waals surface area contributed by atoms with Gasteiger partial charge in [0.1, 0.15) is 17.2 Å². The van der Waals surface area contributed by atoms with Gasteiger partial charge in [-0.2, -0.15) is 5.10 Å². The fourth-order valence-electron chi connectivity index (χ4n) is 2.65. The fraction of sp³-hybridized carbons (Fsp3) is 0.158. The molecule has 1 N–H and O–H groups in total. The summed E-state index contributed by atoms with van der Waals surface area (Å²) in [5.41, 5.74) is 1.16. The average Bonchev–Trinajstić information content (AvgIpc) is 3.02. The molecule has 3 aromatic rings. The third-order valence-electron chi connectivity index (χ3n) is 3.89. The first-order chi connectivity index (χ1) is 13.4. The van der Waals surface area contributed by atoms with E-state index < -0.39 is 10.8 Å². The van der Waals surface area contributed by atoms with Gasteiger partial charge in [0.25, 0.3) is 11.6 Å². The Morgan fingerprint density at radius 2 is 2.07 bits per heavy atom. The Morgan fingerprint density at radius 3 is 2.75 bits per heavy atom. The van der Waals surface area contributed by atoms with E-state index >= 15 is 0 Å². The lowest BCUT2D eigenvalue weighted by Gasteiger charge is -2.11. The van der Waals surface area contributed by atoms with E-state index in [1.54, 1.807) is 12.1 Å². The van der Waals surface area contributed by atoms with E-state index in [9.17, 15) is 14.9 Å². The topological polar surface area (TPSA) is 99.3 Å². The zero-order valence-electron chi connectivity index (χ0n) is 15.2. The number of nitrogens with one attached hydrogen (secondary N) is 1. The van der Waals surface area contributed by atoms with Gasteiger partial charge in [-0.1, -0.05) is 23.7 Å². The number of hydrogen-bond acceptors (Lipinski definition) is 5. The molecule has 0 aliphatic carbocycles. The Balaban J connectivity index is 1.92. The Labute approximate surface area is 165 Å². The van der Waals surface area contributed by atoms with Crippen LogP contribution in [0.25, 0.3) is 0 Å². The fourth-order valence-corrected chi connectivity index (χ4v) is 2.88. The van der Waals surface area contributed by atoms with Crippen LogP contribution in [0.3, 0.4) is 0 Å². The number of halogens is 1. The van der Waals surface area contributed by atoms with Crippen molar-refractivity contribution in [3.8, 4) is 11.5 Å². The van der Waals surface area contributed by atoms with Crippen molar-refractivity contribution in [2.75, 3.05) is 5.32 Å². The molecular formula is C19H17ClN4O4. The highest BCUT2D eigenvalue weighted by Gasteiger charge is 2.19. The standard InChI is InChI=1S/C19H17ClN4O4/c1-3-23-18(17(20)11-21-23)19(25)22-13-8-14(24(26)27)10-16(9-13)28-15-6-4-5-12(2)7-15/h4-11H,3H2,1-2H3,(H,22,25). The van der Waals surface area contributed by atoms with Crippen LogP contribution < -0.4 is 10.1 Å². The number of carbonyl (C=O) groups is 1. The summed E-state index contributed by atoms with van der Waals surface area (Å²) in [5, 5.41) is 18.1. The van der Waals surface area contributed by atoms with Gasteiger partial charge in [0.2, 0.25) is 0 Å². The van der Waals surface area contributed by atoms with Crippen molar-refractivity contribution in [3.05, 3.63) is 75.1 Å². The SMILES string of the molecule is CCn1ncc(Cl)c1C(=O)Nc1cc(Oc2cccc(C)c2)cc([N+](=O)[O-])c1. The van der Waals surface area contributed by atoms with E-state index in [1.807, 2.05) is 26.0 Å². The van der Waals surface area contributed by atoms with Crippen LogP contribution in [0.15, 0.2) is 48.7 Å². The van der Waals surface area contributed by atoms with Gasteiger partial charge in [-0.05, 0) is 31.5 Å². The molecule has 1 amide bonds. The summed E-state index contributed by atoms with van der Waals surface area (Å²) in [7, 11) is 0. The first kappa shape index (κ1) is 19.4. The monoisotopic (exact) mass is 400 g/mol. The first-order valence-electron chi connectivity index (χ1n) is 8.44. The Bertz CT molecular complexity index is 1050. The Morgan fingerprint density at radius 1 is 1.29 bits per heavy atom. The predicted molar refractivity (Wildman–Crippen MR) is 105 cm³/mol. The van der Waals surface area contributed by atoms with Gasteiger partial charge < -0.3 is 10.1 Å². The normalized spacial score (nSPS) is 10.5. The summed E-state index contributed by atoms with van der Waals surface area (Å²) in [6, 6.07) is 11.3. The molecule has 0 unspecified atom stereocenters. The summed E-state index contributed by atoms with van der Waals surface area (Å²) in [6.45, 7) is 4.18. The molecule has 8 nitrogen and oxygen atoms in total. The zero-order chi connectivity index (χ0) is 20.3. The van der Waals surface area contributed by atoms with Crippen molar-refractivity contribution < 1.29 is 14.5 Å². The van der Waals surface area contributed by atoms with Gasteiger partial charge in [0.15, 0.2) is 0 Å². The molecule has 144 valence electrons. The van der Waals surface area contributed by atoms with Crippen LogP contribution in [0.5, 0.6) is 11.5 Å². The number of non-ortho nitro benzene ring substituents is 1. The molecule has 28 heavy (non-hydrogen) atoms. The third kappa shape index (κ3) is 4.29. The van der Waals surface area contributed by atoms with Crippen LogP contribution >= 0.6 is 11.6 Å². The largest absolute Gasteiger partial charge is 0.457 e. The molecule has 9 heteroatoms. The number of carbonyl (C=O) groups excluding carboxylic acids is 1. The highest BCUT2D eigenvalue weighted by molar-refractivity contribution is 6.34. The van der Waals surface area contributed by atoms with Gasteiger partial charge in [-0.3, -0.25) is 19.6 Å². The van der Waals surface area contributed by atoms with Crippen LogP contribution in [0.4, 0.5) is 11.4 Å². The van der Waals surface area contributed by atoms with Gasteiger partial charge in [-0.15, -0.1) is 0 Å². The van der Waals surface area contributed by atoms with E-state index in [-0.39, 0.29) is 27.8 Å². The van der Waals surface area contributed by atoms with Crippen molar-refractivity contribution in [2.45, 2.75) is 20.4 Å². The second-order valence-corrected chi connectivity index (χ2v) is 6.41. The Kier molecular flexibility index (Phi) is 5.60. The summed E-state index contributed by atoms with van der Waals surface area (Å²) in [5.74, 6) is 0.237. The molecule has 0 aliphatic heterocycles. The minimum Gasteiger partial charge on any atom is -0.457 e. The number of nitro benzene ring substituents is 1. The minimum atomic E-state index is -0.554. The molecule has 0 spiro atoms. The Hall–Kier alpha value is -3.39. The molecule has 3 rings (SSSR count). The first-order valence-corrected chi connectivity index (χ1v) is 8.82. The number of amides is 1. The number of aryl methyl sites for hydroxylation is 2. The lowest BCUT2D eigenvalue weighted by Crippen LogP contribution is -2.18. The lowest BCUT2D eigenvalue weighted by atomic mass is 10.2. The van der Waals surface area contributed by atoms with Crippen LogP contribution in [0.2, 0.25) is 5.02 Å². The average molecular weight is 401 g/mol. The molecule has 0 fully saturated rings. The van der Waals surface area contributed by atoms with Gasteiger partial charge in [0.05, 0.1) is 27.9 Å². The number of nitro groups is 1. The van der Waals surface area contributed by atoms with Crippen molar-refractivity contribution in [2.24, 2.45) is 0 Å². The number of hydrogen-bond donors (Lipinski definition) is 1. The van der Waals surface area contributed by atoms with E-state index in [0.717, 1.165) is 5.56 Å². The maximum atomic E-state index is 12.6. The molecule has 1 aromatic heterocycles. The van der Waals surface area contributed by atoms with Crippen molar-refractivity contribution >= 4 is 28.9 Å². The number of anilines is 1. The summed E-state index contributed by atoms with van der Waals surface area (Å²) < 4.78 is 7.18. The molecule has 0 atom stereocenters. The van der Waals surface area contributed by atoms with Crippen LogP contribution in [0, 0.1) is 17.0 Å². The van der Waals surface area contributed by atoms with Gasteiger partial charge >= 0.3 is 0 Å². The molecule has 0 bridgehead atoms. The van der Waals surface area contributed by atoms with Crippen molar-refractivity contribution in [1.29, 1.82) is 0 Å². The number of rotatable bonds is 6. The second-order valence-electron chi connectivity index (χ2n) is 6.00. The molecule has 1 heterocycles. The maximum Gasteiger partial charge on any atom is 0.275 e. The highest BCUT2D eigenvalue weighted by Crippen LogP contribution is 2.30. The number of benzene rings is 2. The predicted octanol–water partition coefficient (Wildman–Crippen LogP) is 4.82. The molecule has 0 saturated carbocycles. The van der Waals surface area contributed by atoms with Crippen molar-refractivity contribution in [1.82, 2.24) is 9.78 Å². The lowest BCUT2D eigenvalue weighted by molar-refractivity contribution is -0.384. The third-order valence-corrected chi connectivity index (χ3v) is 4.17. The smallest absolute Gasteiger partial charge is 0.275 e. The molecule has 2 aromatic carbocycles. The van der Waals surface area contributed by atoms with E-state index in [2.05, 4.69) is 10.4 Å². The number of aromatic nitrogens is 2. The summed E-state index contributed by atoms with van der Waals surface area (Å²) in [6.07, 6.45) is 1.37. The van der Waals surface area contributed by atoms with Crippen LogP contribution in [-0.4, -0.2) is 20.6 Å². The summed E-state index contributed by atoms with van der Waals surface area (Å²) in [4.78, 5) is 23.3. The maximum absolute atomic E-state index is 12.6. The minimum absolute atomic E-state index is 0.178. The van der Waals surface area contributed by atoms with Crippen LogP contribution in [-0.2, 0) is 6.54 Å². The second kappa shape index (κ2) is 8.10. The zero-order valence-corrected chi connectivity index (χ0v) is 15.9. The van der Waals surface area contributed by atoms with E-state index in [0.29, 0.717) is 12.3 Å². The number of nitrogens with zero attached hydrogens (tertiary/aromatic N) is 3. The van der Waals surface area contributed by atoms with Gasteiger partial charge in [-0.25, -0.2) is 0 Å². The van der Waals surface area contributed by atoms with E-state index in [4.69, 9.17) is 16.3 Å². The summed E-state index contributed by atoms with van der Waals surface area (Å²) >= 11 is 6.04.